The van der Waals surface area contributed by atoms with Crippen molar-refractivity contribution >= 4 is 11.9 Å². The molecule has 18 heavy (non-hydrogen) atoms. The molecule has 1 fully saturated rings. The number of nitrogens with zero attached hydrogens (tertiary/aromatic N) is 2. The van der Waals surface area contributed by atoms with Crippen LogP contribution in [-0.2, 0) is 4.74 Å². The van der Waals surface area contributed by atoms with E-state index in [-0.39, 0.29) is 0 Å². The largest absolute Gasteiger partial charge is 0.381 e. The van der Waals surface area contributed by atoms with Gasteiger partial charge in [-0.05, 0) is 37.5 Å². The van der Waals surface area contributed by atoms with Crippen molar-refractivity contribution in [1.82, 2.24) is 9.38 Å². The first-order valence-corrected chi connectivity index (χ1v) is 6.31. The zero-order chi connectivity index (χ0) is 12.5. The van der Waals surface area contributed by atoms with Gasteiger partial charge < -0.3 is 4.74 Å². The van der Waals surface area contributed by atoms with Crippen molar-refractivity contribution in [2.24, 2.45) is 0 Å². The van der Waals surface area contributed by atoms with Gasteiger partial charge in [-0.25, -0.2) is 4.98 Å². The van der Waals surface area contributed by atoms with Crippen LogP contribution in [0.5, 0.6) is 0 Å². The zero-order valence-corrected chi connectivity index (χ0v) is 10.4. The van der Waals surface area contributed by atoms with Crippen LogP contribution in [0.1, 0.15) is 40.5 Å². The Kier molecular flexibility index (Phi) is 2.88. The molecule has 0 radical (unpaired) electrons. The summed E-state index contributed by atoms with van der Waals surface area (Å²) in [5.41, 5.74) is 3.64. The second-order valence-corrected chi connectivity index (χ2v) is 4.82. The minimum absolute atomic E-state index is 0.346. The van der Waals surface area contributed by atoms with Crippen LogP contribution in [0.15, 0.2) is 18.3 Å². The van der Waals surface area contributed by atoms with E-state index in [2.05, 4.69) is 4.98 Å². The molecule has 94 valence electrons. The molecule has 0 saturated carbocycles. The van der Waals surface area contributed by atoms with E-state index in [1.165, 1.54) is 0 Å². The molecule has 2 aromatic rings. The van der Waals surface area contributed by atoms with Crippen LogP contribution in [0.2, 0.25) is 0 Å². The third-order valence-corrected chi connectivity index (χ3v) is 3.57. The second-order valence-electron chi connectivity index (χ2n) is 4.82. The Labute approximate surface area is 106 Å². The third kappa shape index (κ3) is 1.82. The molecule has 0 spiro atoms. The third-order valence-electron chi connectivity index (χ3n) is 3.57. The molecule has 0 aromatic carbocycles. The summed E-state index contributed by atoms with van der Waals surface area (Å²) in [4.78, 5) is 16.0. The topological polar surface area (TPSA) is 43.6 Å². The van der Waals surface area contributed by atoms with Crippen molar-refractivity contribution in [3.63, 3.8) is 0 Å². The van der Waals surface area contributed by atoms with Gasteiger partial charge in [-0.15, -0.1) is 0 Å². The Morgan fingerprint density at radius 3 is 2.94 bits per heavy atom. The number of aldehydes is 1. The average molecular weight is 244 g/mol. The molecule has 0 amide bonds. The fraction of sp³-hybridized carbons (Fsp3) is 0.429. The van der Waals surface area contributed by atoms with Gasteiger partial charge in [0.05, 0.1) is 5.69 Å². The number of carbonyl (C=O) groups excluding carboxylic acids is 1. The summed E-state index contributed by atoms with van der Waals surface area (Å²) >= 11 is 0. The first-order chi connectivity index (χ1) is 8.79. The van der Waals surface area contributed by atoms with Gasteiger partial charge in [0.1, 0.15) is 11.3 Å². The molecule has 0 N–H and O–H groups in total. The highest BCUT2D eigenvalue weighted by atomic mass is 16.5. The maximum Gasteiger partial charge on any atom is 0.168 e. The first kappa shape index (κ1) is 11.4. The maximum absolute atomic E-state index is 11.3. The lowest BCUT2D eigenvalue weighted by atomic mass is 9.95. The van der Waals surface area contributed by atoms with Crippen LogP contribution in [0.3, 0.4) is 0 Å². The Morgan fingerprint density at radius 1 is 1.44 bits per heavy atom. The van der Waals surface area contributed by atoms with E-state index in [1.54, 1.807) is 0 Å². The monoisotopic (exact) mass is 244 g/mol. The van der Waals surface area contributed by atoms with E-state index >= 15 is 0 Å². The predicted molar refractivity (Wildman–Crippen MR) is 68.1 cm³/mol. The molecule has 0 bridgehead atoms. The fourth-order valence-electron chi connectivity index (χ4n) is 2.57. The summed E-state index contributed by atoms with van der Waals surface area (Å²) < 4.78 is 7.24. The number of aryl methyl sites for hydroxylation is 1. The van der Waals surface area contributed by atoms with Crippen molar-refractivity contribution in [3.05, 3.63) is 35.3 Å². The Hall–Kier alpha value is -1.68. The minimum atomic E-state index is 0.346. The Bertz CT molecular complexity index is 583. The van der Waals surface area contributed by atoms with E-state index in [9.17, 15) is 4.79 Å². The molecule has 0 unspecified atom stereocenters. The van der Waals surface area contributed by atoms with Crippen molar-refractivity contribution in [2.45, 2.75) is 25.7 Å². The lowest BCUT2D eigenvalue weighted by molar-refractivity contribution is 0.0841. The van der Waals surface area contributed by atoms with Gasteiger partial charge in [0.25, 0.3) is 0 Å². The molecular formula is C14H16N2O2. The summed E-state index contributed by atoms with van der Waals surface area (Å²) in [5.74, 6) is 0.346. The molecule has 0 atom stereocenters. The SMILES string of the molecule is Cc1ccn2c(C=O)c(C3CCOCC3)nc2c1. The number of carbonyl (C=O) groups is 1. The van der Waals surface area contributed by atoms with Crippen molar-refractivity contribution in [3.8, 4) is 0 Å². The summed E-state index contributed by atoms with van der Waals surface area (Å²) in [5, 5.41) is 0. The maximum atomic E-state index is 11.3. The molecular weight excluding hydrogens is 228 g/mol. The van der Waals surface area contributed by atoms with Crippen molar-refractivity contribution in [2.75, 3.05) is 13.2 Å². The molecule has 2 aromatic heterocycles. The van der Waals surface area contributed by atoms with Gasteiger partial charge >= 0.3 is 0 Å². The number of ether oxygens (including phenoxy) is 1. The molecule has 3 heterocycles. The number of pyridine rings is 1. The Morgan fingerprint density at radius 2 is 2.22 bits per heavy atom. The molecule has 1 aliphatic heterocycles. The van der Waals surface area contributed by atoms with E-state index in [0.717, 1.165) is 49.2 Å². The molecule has 1 aliphatic rings. The lowest BCUT2D eigenvalue weighted by Crippen LogP contribution is -2.15. The van der Waals surface area contributed by atoms with Crippen LogP contribution in [0.25, 0.3) is 5.65 Å². The first-order valence-electron chi connectivity index (χ1n) is 6.31. The van der Waals surface area contributed by atoms with Gasteiger partial charge in [-0.3, -0.25) is 9.20 Å². The molecule has 4 heteroatoms. The number of rotatable bonds is 2. The number of hydrogen-bond donors (Lipinski definition) is 0. The summed E-state index contributed by atoms with van der Waals surface area (Å²) in [6.07, 6.45) is 4.73. The second kappa shape index (κ2) is 4.53. The van der Waals surface area contributed by atoms with Crippen molar-refractivity contribution < 1.29 is 9.53 Å². The number of fused-ring (bicyclic) bond motifs is 1. The van der Waals surface area contributed by atoms with E-state index < -0.39 is 0 Å². The van der Waals surface area contributed by atoms with Gasteiger partial charge in [0.15, 0.2) is 6.29 Å². The Balaban J connectivity index is 2.12. The van der Waals surface area contributed by atoms with Gasteiger partial charge in [0.2, 0.25) is 0 Å². The highest BCUT2D eigenvalue weighted by molar-refractivity contribution is 5.77. The molecule has 4 nitrogen and oxygen atoms in total. The van der Waals surface area contributed by atoms with Crippen molar-refractivity contribution in [1.29, 1.82) is 0 Å². The fourth-order valence-corrected chi connectivity index (χ4v) is 2.57. The molecule has 1 saturated heterocycles. The number of imidazole rings is 1. The van der Waals surface area contributed by atoms with E-state index in [1.807, 2.05) is 29.7 Å². The van der Waals surface area contributed by atoms with Gasteiger partial charge in [-0.2, -0.15) is 0 Å². The summed E-state index contributed by atoms with van der Waals surface area (Å²) in [7, 11) is 0. The summed E-state index contributed by atoms with van der Waals surface area (Å²) in [6.45, 7) is 3.55. The predicted octanol–water partition coefficient (Wildman–Crippen LogP) is 2.35. The summed E-state index contributed by atoms with van der Waals surface area (Å²) in [6, 6.07) is 4.01. The van der Waals surface area contributed by atoms with E-state index in [4.69, 9.17) is 4.74 Å². The minimum Gasteiger partial charge on any atom is -0.381 e. The van der Waals surface area contributed by atoms with Crippen LogP contribution in [0, 0.1) is 6.92 Å². The van der Waals surface area contributed by atoms with Crippen LogP contribution >= 0.6 is 0 Å². The molecule has 0 aliphatic carbocycles. The standard InChI is InChI=1S/C14H16N2O2/c1-10-2-5-16-12(9-17)14(15-13(16)8-10)11-3-6-18-7-4-11/h2,5,8-9,11H,3-4,6-7H2,1H3. The van der Waals surface area contributed by atoms with E-state index in [0.29, 0.717) is 11.6 Å². The smallest absolute Gasteiger partial charge is 0.168 e. The normalized spacial score (nSPS) is 17.2. The highest BCUT2D eigenvalue weighted by Gasteiger charge is 2.23. The molecule has 3 rings (SSSR count). The van der Waals surface area contributed by atoms with Crippen LogP contribution in [-0.4, -0.2) is 28.9 Å². The number of hydrogen-bond acceptors (Lipinski definition) is 3. The number of aromatic nitrogens is 2. The quantitative estimate of drug-likeness (QED) is 0.762. The highest BCUT2D eigenvalue weighted by Crippen LogP contribution is 2.29. The van der Waals surface area contributed by atoms with Crippen LogP contribution in [0.4, 0.5) is 0 Å². The van der Waals surface area contributed by atoms with Crippen LogP contribution < -0.4 is 0 Å². The lowest BCUT2D eigenvalue weighted by Gasteiger charge is -2.20. The van der Waals surface area contributed by atoms with Gasteiger partial charge in [0, 0.05) is 25.3 Å². The zero-order valence-electron chi connectivity index (χ0n) is 10.4. The average Bonchev–Trinajstić information content (AvgIpc) is 2.77. The van der Waals surface area contributed by atoms with Gasteiger partial charge in [-0.1, -0.05) is 0 Å².